The third kappa shape index (κ3) is 9.27. The Morgan fingerprint density at radius 3 is 1.54 bits per heavy atom. The van der Waals surface area contributed by atoms with Gasteiger partial charge in [0, 0.05) is 13.8 Å². The van der Waals surface area contributed by atoms with Gasteiger partial charge < -0.3 is 9.47 Å². The predicted molar refractivity (Wildman–Crippen MR) is 100 cm³/mol. The van der Waals surface area contributed by atoms with E-state index in [4.69, 9.17) is 29.0 Å². The molecule has 0 saturated heterocycles. The molecule has 0 fully saturated rings. The zero-order valence-electron chi connectivity index (χ0n) is 17.0. The van der Waals surface area contributed by atoms with Gasteiger partial charge in [-0.15, -0.1) is 0 Å². The molecule has 0 N–H and O–H groups in total. The third-order valence-electron chi connectivity index (χ3n) is 3.48. The topological polar surface area (TPSA) is 89.5 Å². The molecule has 28 heavy (non-hydrogen) atoms. The fourth-order valence-corrected chi connectivity index (χ4v) is 2.00. The molecular weight excluding hydrogens is 368 g/mol. The zero-order chi connectivity index (χ0) is 20.8. The minimum absolute atomic E-state index is 0.0515. The third-order valence-corrected chi connectivity index (χ3v) is 3.48. The van der Waals surface area contributed by atoms with Crippen molar-refractivity contribution < 1.29 is 38.6 Å². The molecule has 0 aliphatic carbocycles. The lowest BCUT2D eigenvalue weighted by Gasteiger charge is -2.16. The molecule has 1 aromatic carbocycles. The summed E-state index contributed by atoms with van der Waals surface area (Å²) in [5.74, 6) is -1.46. The molecule has 8 nitrogen and oxygen atoms in total. The molecule has 1 aromatic rings. The number of esters is 2. The monoisotopic (exact) mass is 398 g/mol. The Morgan fingerprint density at radius 2 is 1.18 bits per heavy atom. The van der Waals surface area contributed by atoms with E-state index in [0.29, 0.717) is 13.2 Å². The maximum Gasteiger partial charge on any atom is 0.341 e. The highest BCUT2D eigenvalue weighted by molar-refractivity contribution is 6.03. The van der Waals surface area contributed by atoms with Crippen molar-refractivity contribution in [3.63, 3.8) is 0 Å². The Kier molecular flexibility index (Phi) is 12.1. The van der Waals surface area contributed by atoms with E-state index in [1.54, 1.807) is 12.1 Å². The van der Waals surface area contributed by atoms with E-state index in [0.717, 1.165) is 25.7 Å². The minimum Gasteiger partial charge on any atom is -0.430 e. The van der Waals surface area contributed by atoms with Crippen LogP contribution in [0.3, 0.4) is 0 Å². The summed E-state index contributed by atoms with van der Waals surface area (Å²) < 4.78 is 10.3. The smallest absolute Gasteiger partial charge is 0.341 e. The first-order valence-corrected chi connectivity index (χ1v) is 9.57. The molecule has 0 spiro atoms. The molecule has 0 aromatic heterocycles. The quantitative estimate of drug-likeness (QED) is 0.151. The SMILES string of the molecule is CCCCOOC(C)OC(=O)c1ccccc1C(=O)OC(C)OOCCCC. The minimum atomic E-state index is -0.928. The van der Waals surface area contributed by atoms with Crippen molar-refractivity contribution in [1.29, 1.82) is 0 Å². The summed E-state index contributed by atoms with van der Waals surface area (Å²) in [6, 6.07) is 6.16. The largest absolute Gasteiger partial charge is 0.430 e. The van der Waals surface area contributed by atoms with E-state index in [-0.39, 0.29) is 11.1 Å². The van der Waals surface area contributed by atoms with Crippen molar-refractivity contribution >= 4 is 11.9 Å². The van der Waals surface area contributed by atoms with Crippen LogP contribution < -0.4 is 0 Å². The molecule has 0 amide bonds. The molecular formula is C20H30O8. The van der Waals surface area contributed by atoms with Crippen LogP contribution in [-0.4, -0.2) is 37.7 Å². The van der Waals surface area contributed by atoms with Crippen LogP contribution in [0.4, 0.5) is 0 Å². The summed E-state index contributed by atoms with van der Waals surface area (Å²) in [6.45, 7) is 7.89. The standard InChI is InChI=1S/C20H30O8/c1-5-7-13-23-27-15(3)25-19(21)17-11-9-10-12-18(17)20(22)26-16(4)28-24-14-8-6-2/h9-12,15-16H,5-8,13-14H2,1-4H3. The van der Waals surface area contributed by atoms with Gasteiger partial charge in [-0.1, -0.05) is 38.8 Å². The van der Waals surface area contributed by atoms with Crippen molar-refractivity contribution in [3.8, 4) is 0 Å². The van der Waals surface area contributed by atoms with Gasteiger partial charge in [0.05, 0.1) is 24.3 Å². The second-order valence-corrected chi connectivity index (χ2v) is 6.03. The number of rotatable bonds is 14. The van der Waals surface area contributed by atoms with Crippen LogP contribution >= 0.6 is 0 Å². The molecule has 0 saturated carbocycles. The van der Waals surface area contributed by atoms with Crippen LogP contribution in [0, 0.1) is 0 Å². The summed E-state index contributed by atoms with van der Waals surface area (Å²) in [6.07, 6.45) is 1.72. The van der Waals surface area contributed by atoms with Gasteiger partial charge >= 0.3 is 11.9 Å². The lowest BCUT2D eigenvalue weighted by atomic mass is 10.1. The lowest BCUT2D eigenvalue weighted by molar-refractivity contribution is -0.362. The first kappa shape index (κ1) is 24.0. The van der Waals surface area contributed by atoms with Gasteiger partial charge in [-0.05, 0) is 25.0 Å². The Balaban J connectivity index is 2.60. The van der Waals surface area contributed by atoms with Crippen molar-refractivity contribution in [1.82, 2.24) is 0 Å². The highest BCUT2D eigenvalue weighted by Gasteiger charge is 2.22. The molecule has 0 aliphatic heterocycles. The Hall–Kier alpha value is -2.00. The number of benzene rings is 1. The molecule has 0 radical (unpaired) electrons. The summed E-state index contributed by atoms with van der Waals surface area (Å²) in [7, 11) is 0. The summed E-state index contributed by atoms with van der Waals surface area (Å²) >= 11 is 0. The molecule has 1 rings (SSSR count). The fraction of sp³-hybridized carbons (Fsp3) is 0.600. The number of carbonyl (C=O) groups excluding carboxylic acids is 2. The Labute approximate surface area is 165 Å². The number of hydrogen-bond donors (Lipinski definition) is 0. The summed E-state index contributed by atoms with van der Waals surface area (Å²) in [4.78, 5) is 44.6. The van der Waals surface area contributed by atoms with Crippen LogP contribution in [0.2, 0.25) is 0 Å². The van der Waals surface area contributed by atoms with Gasteiger partial charge in [-0.2, -0.15) is 9.78 Å². The van der Waals surface area contributed by atoms with Crippen LogP contribution in [-0.2, 0) is 29.0 Å². The second-order valence-electron chi connectivity index (χ2n) is 6.03. The normalized spacial score (nSPS) is 13.0. The molecule has 2 atom stereocenters. The number of ether oxygens (including phenoxy) is 2. The molecule has 0 heterocycles. The Morgan fingerprint density at radius 1 is 0.786 bits per heavy atom. The van der Waals surface area contributed by atoms with Gasteiger partial charge in [0.15, 0.2) is 0 Å². The van der Waals surface area contributed by atoms with Crippen molar-refractivity contribution in [2.45, 2.75) is 66.0 Å². The van der Waals surface area contributed by atoms with E-state index >= 15 is 0 Å². The van der Waals surface area contributed by atoms with Gasteiger partial charge in [-0.25, -0.2) is 19.4 Å². The highest BCUT2D eigenvalue weighted by atomic mass is 17.2. The van der Waals surface area contributed by atoms with Crippen molar-refractivity contribution in [2.75, 3.05) is 13.2 Å². The van der Waals surface area contributed by atoms with Gasteiger partial charge in [0.1, 0.15) is 0 Å². The van der Waals surface area contributed by atoms with E-state index < -0.39 is 24.5 Å². The second kappa shape index (κ2) is 14.1. The predicted octanol–water partition coefficient (Wildman–Crippen LogP) is 4.19. The van der Waals surface area contributed by atoms with Crippen LogP contribution in [0.1, 0.15) is 74.1 Å². The Bertz CT molecular complexity index is 538. The first-order chi connectivity index (χ1) is 13.5. The van der Waals surface area contributed by atoms with E-state index in [2.05, 4.69) is 0 Å². The van der Waals surface area contributed by atoms with Gasteiger partial charge in [-0.3, -0.25) is 0 Å². The lowest BCUT2D eigenvalue weighted by Crippen LogP contribution is -2.23. The molecule has 0 bridgehead atoms. The van der Waals surface area contributed by atoms with E-state index in [9.17, 15) is 9.59 Å². The molecule has 8 heteroatoms. The maximum absolute atomic E-state index is 12.4. The molecule has 158 valence electrons. The van der Waals surface area contributed by atoms with Crippen molar-refractivity contribution in [2.24, 2.45) is 0 Å². The average molecular weight is 398 g/mol. The zero-order valence-corrected chi connectivity index (χ0v) is 17.0. The summed E-state index contributed by atoms with van der Waals surface area (Å²) in [5.41, 5.74) is 0.103. The van der Waals surface area contributed by atoms with Crippen LogP contribution in [0.25, 0.3) is 0 Å². The number of unbranched alkanes of at least 4 members (excludes halogenated alkanes) is 2. The van der Waals surface area contributed by atoms with Gasteiger partial charge in [0.2, 0.25) is 12.6 Å². The van der Waals surface area contributed by atoms with E-state index in [1.165, 1.54) is 26.0 Å². The van der Waals surface area contributed by atoms with Crippen LogP contribution in [0.5, 0.6) is 0 Å². The molecule has 2 unspecified atom stereocenters. The van der Waals surface area contributed by atoms with Gasteiger partial charge in [0.25, 0.3) is 0 Å². The fourth-order valence-electron chi connectivity index (χ4n) is 2.00. The van der Waals surface area contributed by atoms with Crippen LogP contribution in [0.15, 0.2) is 24.3 Å². The highest BCUT2D eigenvalue weighted by Crippen LogP contribution is 2.15. The maximum atomic E-state index is 12.4. The average Bonchev–Trinajstić information content (AvgIpc) is 2.68. The van der Waals surface area contributed by atoms with Crippen molar-refractivity contribution in [3.05, 3.63) is 35.4 Å². The number of hydrogen-bond acceptors (Lipinski definition) is 8. The van der Waals surface area contributed by atoms with E-state index in [1.807, 2.05) is 13.8 Å². The first-order valence-electron chi connectivity index (χ1n) is 9.57. The number of carbonyl (C=O) groups is 2. The summed E-state index contributed by atoms with van der Waals surface area (Å²) in [5, 5.41) is 0. The molecule has 0 aliphatic rings.